The maximum atomic E-state index is 13.3. The number of rotatable bonds is 10. The first kappa shape index (κ1) is 39.0. The Morgan fingerprint density at radius 3 is 1.19 bits per heavy atom. The molecular formula is C42H30F4N4O7. The first-order valence-electron chi connectivity index (χ1n) is 16.8. The van der Waals surface area contributed by atoms with Gasteiger partial charge in [-0.05, 0) is 121 Å². The average molecular weight is 779 g/mol. The molecule has 4 N–H and O–H groups in total. The van der Waals surface area contributed by atoms with Crippen LogP contribution >= 0.6 is 0 Å². The van der Waals surface area contributed by atoms with Crippen molar-refractivity contribution in [1.82, 2.24) is 0 Å². The Morgan fingerprint density at radius 1 is 0.474 bits per heavy atom. The van der Waals surface area contributed by atoms with Gasteiger partial charge >= 0.3 is 23.9 Å². The van der Waals surface area contributed by atoms with Gasteiger partial charge in [-0.1, -0.05) is 0 Å². The topological polar surface area (TPSA) is 144 Å². The van der Waals surface area contributed by atoms with Gasteiger partial charge in [-0.15, -0.1) is 0 Å². The molecule has 57 heavy (non-hydrogen) atoms. The van der Waals surface area contributed by atoms with E-state index in [0.29, 0.717) is 39.8 Å². The number of cyclic esters (lactones) is 2. The zero-order valence-corrected chi connectivity index (χ0v) is 29.9. The number of ether oxygens (including phenoxy) is 3. The SMILES string of the molecule is COC(=O)c1ccc(Nc2ccc(F)cc2)c(Nc2ccc(F)cc2)c1C(=O)OC.O=C1OC(=O)c2cc(Nc3ccc(F)cc3)c(Nc3ccc(F)cc3)cc21. The summed E-state index contributed by atoms with van der Waals surface area (Å²) in [7, 11) is 2.38. The first-order chi connectivity index (χ1) is 27.4. The van der Waals surface area contributed by atoms with Crippen LogP contribution in [-0.2, 0) is 14.2 Å². The number of fused-ring (bicyclic) bond motifs is 1. The van der Waals surface area contributed by atoms with Gasteiger partial charge in [0.05, 0.1) is 59.2 Å². The van der Waals surface area contributed by atoms with Gasteiger partial charge in [0.15, 0.2) is 0 Å². The summed E-state index contributed by atoms with van der Waals surface area (Å²) in [6, 6.07) is 28.3. The van der Waals surface area contributed by atoms with E-state index in [4.69, 9.17) is 9.47 Å². The minimum atomic E-state index is -0.775. The second-order valence-electron chi connectivity index (χ2n) is 12.0. The normalized spacial score (nSPS) is 11.3. The van der Waals surface area contributed by atoms with Gasteiger partial charge < -0.3 is 35.5 Å². The lowest BCUT2D eigenvalue weighted by Gasteiger charge is -2.19. The summed E-state index contributed by atoms with van der Waals surface area (Å²) in [5.41, 5.74) is 3.90. The Kier molecular flexibility index (Phi) is 11.8. The lowest BCUT2D eigenvalue weighted by Crippen LogP contribution is -2.15. The number of methoxy groups -OCH3 is 2. The molecule has 0 radical (unpaired) electrons. The number of hydrogen-bond donors (Lipinski definition) is 4. The molecule has 0 atom stereocenters. The first-order valence-corrected chi connectivity index (χ1v) is 16.8. The number of benzene rings is 6. The molecule has 0 amide bonds. The molecule has 1 aliphatic rings. The maximum absolute atomic E-state index is 13.3. The third-order valence-electron chi connectivity index (χ3n) is 8.27. The van der Waals surface area contributed by atoms with E-state index in [1.807, 2.05) is 0 Å². The van der Waals surface area contributed by atoms with Crippen molar-refractivity contribution in [3.8, 4) is 0 Å². The third-order valence-corrected chi connectivity index (χ3v) is 8.27. The van der Waals surface area contributed by atoms with E-state index >= 15 is 0 Å². The van der Waals surface area contributed by atoms with Crippen molar-refractivity contribution < 1.29 is 51.0 Å². The maximum Gasteiger partial charge on any atom is 0.346 e. The lowest BCUT2D eigenvalue weighted by molar-refractivity contribution is 0.0442. The monoisotopic (exact) mass is 778 g/mol. The molecular weight excluding hydrogens is 748 g/mol. The summed E-state index contributed by atoms with van der Waals surface area (Å²) < 4.78 is 67.1. The largest absolute Gasteiger partial charge is 0.465 e. The van der Waals surface area contributed by atoms with E-state index in [1.54, 1.807) is 6.07 Å². The van der Waals surface area contributed by atoms with E-state index in [2.05, 4.69) is 26.0 Å². The van der Waals surface area contributed by atoms with Crippen molar-refractivity contribution in [2.24, 2.45) is 0 Å². The van der Waals surface area contributed by atoms with Crippen molar-refractivity contribution in [3.05, 3.63) is 167 Å². The molecule has 0 spiro atoms. The highest BCUT2D eigenvalue weighted by atomic mass is 19.1. The summed E-state index contributed by atoms with van der Waals surface area (Å²) >= 11 is 0. The second kappa shape index (κ2) is 17.2. The van der Waals surface area contributed by atoms with E-state index in [1.165, 1.54) is 129 Å². The van der Waals surface area contributed by atoms with Crippen molar-refractivity contribution >= 4 is 69.4 Å². The molecule has 1 aliphatic heterocycles. The summed E-state index contributed by atoms with van der Waals surface area (Å²) in [5.74, 6) is -4.56. The van der Waals surface area contributed by atoms with Crippen LogP contribution in [0, 0.1) is 23.3 Å². The predicted octanol–water partition coefficient (Wildman–Crippen LogP) is 9.79. The van der Waals surface area contributed by atoms with Crippen molar-refractivity contribution in [2.45, 2.75) is 0 Å². The van der Waals surface area contributed by atoms with Crippen molar-refractivity contribution in [3.63, 3.8) is 0 Å². The number of carbonyl (C=O) groups excluding carboxylic acids is 4. The number of esters is 4. The molecule has 7 rings (SSSR count). The number of carbonyl (C=O) groups is 4. The van der Waals surface area contributed by atoms with Crippen LogP contribution < -0.4 is 21.3 Å². The molecule has 11 nitrogen and oxygen atoms in total. The highest BCUT2D eigenvalue weighted by molar-refractivity contribution is 6.16. The van der Waals surface area contributed by atoms with Crippen LogP contribution in [0.25, 0.3) is 0 Å². The Hall–Kier alpha value is -7.68. The van der Waals surface area contributed by atoms with E-state index in [-0.39, 0.29) is 39.6 Å². The van der Waals surface area contributed by atoms with E-state index in [0.717, 1.165) is 0 Å². The fourth-order valence-corrected chi connectivity index (χ4v) is 5.51. The quantitative estimate of drug-likeness (QED) is 0.0457. The Bertz CT molecular complexity index is 2380. The van der Waals surface area contributed by atoms with Crippen LogP contribution in [0.2, 0.25) is 0 Å². The van der Waals surface area contributed by atoms with Gasteiger partial charge in [0.2, 0.25) is 0 Å². The number of anilines is 8. The van der Waals surface area contributed by atoms with Gasteiger partial charge in [-0.3, -0.25) is 0 Å². The summed E-state index contributed by atoms with van der Waals surface area (Å²) in [5, 5.41) is 12.2. The van der Waals surface area contributed by atoms with E-state index < -0.39 is 35.5 Å². The predicted molar refractivity (Wildman–Crippen MR) is 204 cm³/mol. The van der Waals surface area contributed by atoms with Gasteiger partial charge in [0.1, 0.15) is 23.3 Å². The molecule has 0 saturated carbocycles. The minimum Gasteiger partial charge on any atom is -0.465 e. The summed E-state index contributed by atoms with van der Waals surface area (Å²) in [6.45, 7) is 0. The average Bonchev–Trinajstić information content (AvgIpc) is 3.49. The highest BCUT2D eigenvalue weighted by Gasteiger charge is 2.31. The van der Waals surface area contributed by atoms with Crippen LogP contribution in [0.15, 0.2) is 121 Å². The van der Waals surface area contributed by atoms with E-state index in [9.17, 15) is 36.7 Å². The highest BCUT2D eigenvalue weighted by Crippen LogP contribution is 2.36. The Labute approximate surface area is 322 Å². The Balaban J connectivity index is 0.000000194. The number of halogens is 4. The smallest absolute Gasteiger partial charge is 0.346 e. The molecule has 0 aromatic heterocycles. The van der Waals surface area contributed by atoms with Crippen LogP contribution in [0.4, 0.5) is 63.1 Å². The Morgan fingerprint density at radius 2 is 0.825 bits per heavy atom. The molecule has 0 bridgehead atoms. The molecule has 0 unspecified atom stereocenters. The second-order valence-corrected chi connectivity index (χ2v) is 12.0. The van der Waals surface area contributed by atoms with Crippen LogP contribution in [0.1, 0.15) is 41.4 Å². The van der Waals surface area contributed by atoms with Crippen LogP contribution in [0.3, 0.4) is 0 Å². The standard InChI is InChI=1S/C22H18F2N2O4.C20H12F2N2O3/c1-29-21(27)17-11-12-18(25-15-7-3-13(23)4-8-15)20(19(17)22(28)30-2)26-16-9-5-14(24)6-10-16;21-11-1-5-13(6-2-11)23-17-9-15-16(20(26)27-19(15)25)10-18(17)24-14-7-3-12(22)4-8-14/h3-12,25-26H,1-2H3;1-10,23-24H. The summed E-state index contributed by atoms with van der Waals surface area (Å²) in [4.78, 5) is 48.5. The molecule has 0 fully saturated rings. The zero-order chi connectivity index (χ0) is 40.6. The van der Waals surface area contributed by atoms with Gasteiger partial charge in [0.25, 0.3) is 0 Å². The zero-order valence-electron chi connectivity index (χ0n) is 29.9. The minimum absolute atomic E-state index is 0.0152. The molecule has 288 valence electrons. The molecule has 15 heteroatoms. The number of hydrogen-bond acceptors (Lipinski definition) is 11. The van der Waals surface area contributed by atoms with Crippen molar-refractivity contribution in [1.29, 1.82) is 0 Å². The molecule has 1 heterocycles. The molecule has 6 aromatic rings. The fourth-order valence-electron chi connectivity index (χ4n) is 5.51. The van der Waals surface area contributed by atoms with Gasteiger partial charge in [-0.2, -0.15) is 0 Å². The third kappa shape index (κ3) is 9.35. The van der Waals surface area contributed by atoms with Crippen LogP contribution in [0.5, 0.6) is 0 Å². The molecule has 0 saturated heterocycles. The van der Waals surface area contributed by atoms with Crippen molar-refractivity contribution in [2.75, 3.05) is 35.5 Å². The number of nitrogens with one attached hydrogen (secondary N) is 4. The molecule has 0 aliphatic carbocycles. The fraction of sp³-hybridized carbons (Fsp3) is 0.0476. The van der Waals surface area contributed by atoms with Gasteiger partial charge in [-0.25, -0.2) is 36.7 Å². The lowest BCUT2D eigenvalue weighted by atomic mass is 10.0. The van der Waals surface area contributed by atoms with Gasteiger partial charge in [0, 0.05) is 22.7 Å². The summed E-state index contributed by atoms with van der Waals surface area (Å²) in [6.07, 6.45) is 0. The van der Waals surface area contributed by atoms with Crippen LogP contribution in [-0.4, -0.2) is 38.1 Å². The molecule has 6 aromatic carbocycles.